The van der Waals surface area contributed by atoms with Crippen molar-refractivity contribution in [2.75, 3.05) is 19.7 Å². The van der Waals surface area contributed by atoms with E-state index in [-0.39, 0.29) is 12.0 Å². The molecule has 1 atom stereocenters. The van der Waals surface area contributed by atoms with Crippen molar-refractivity contribution >= 4 is 5.91 Å². The second-order valence-electron chi connectivity index (χ2n) is 5.13. The highest BCUT2D eigenvalue weighted by Crippen LogP contribution is 2.21. The van der Waals surface area contributed by atoms with Crippen LogP contribution in [-0.2, 0) is 11.2 Å². The Morgan fingerprint density at radius 1 is 1.55 bits per heavy atom. The van der Waals surface area contributed by atoms with Crippen LogP contribution in [0.25, 0.3) is 0 Å². The molecule has 1 fully saturated rings. The van der Waals surface area contributed by atoms with Gasteiger partial charge in [-0.15, -0.1) is 0 Å². The van der Waals surface area contributed by atoms with Crippen LogP contribution in [-0.4, -0.2) is 55.7 Å². The summed E-state index contributed by atoms with van der Waals surface area (Å²) in [5.41, 5.74) is 1.31. The Morgan fingerprint density at radius 2 is 2.41 bits per heavy atom. The predicted molar refractivity (Wildman–Crippen MR) is 77.1 cm³/mol. The van der Waals surface area contributed by atoms with E-state index in [2.05, 4.69) is 25.1 Å². The number of nitrogens with zero attached hydrogens (tertiary/aromatic N) is 5. The lowest BCUT2D eigenvalue weighted by Crippen LogP contribution is -2.43. The summed E-state index contributed by atoms with van der Waals surface area (Å²) in [7, 11) is 0. The Hall–Kier alpha value is -2.35. The highest BCUT2D eigenvalue weighted by Gasteiger charge is 2.29. The molecule has 1 saturated heterocycles. The number of hydrogen-bond donors (Lipinski definition) is 1. The van der Waals surface area contributed by atoms with Crippen LogP contribution in [0.1, 0.15) is 40.7 Å². The minimum absolute atomic E-state index is 0.0713. The van der Waals surface area contributed by atoms with E-state index < -0.39 is 0 Å². The molecule has 8 nitrogen and oxygen atoms in total. The van der Waals surface area contributed by atoms with Crippen molar-refractivity contribution in [2.45, 2.75) is 26.4 Å². The van der Waals surface area contributed by atoms with Gasteiger partial charge >= 0.3 is 0 Å². The first kappa shape index (κ1) is 14.6. The van der Waals surface area contributed by atoms with Gasteiger partial charge in [0.15, 0.2) is 5.82 Å². The van der Waals surface area contributed by atoms with Crippen LogP contribution >= 0.6 is 0 Å². The number of aromatic amines is 1. The Bertz CT molecular complexity index is 671. The number of aryl methyl sites for hydroxylation is 2. The molecule has 0 saturated carbocycles. The summed E-state index contributed by atoms with van der Waals surface area (Å²) in [5.74, 6) is 1.24. The number of hydrogen-bond acceptors (Lipinski definition) is 6. The van der Waals surface area contributed by atoms with Crippen LogP contribution in [0, 0.1) is 6.92 Å². The Kier molecular flexibility index (Phi) is 4.10. The minimum atomic E-state index is -0.308. The average molecular weight is 302 g/mol. The lowest BCUT2D eigenvalue weighted by molar-refractivity contribution is -0.0267. The minimum Gasteiger partial charge on any atom is -0.366 e. The van der Waals surface area contributed by atoms with Gasteiger partial charge in [-0.05, 0) is 13.3 Å². The quantitative estimate of drug-likeness (QED) is 0.895. The van der Waals surface area contributed by atoms with Gasteiger partial charge in [0.25, 0.3) is 5.91 Å². The molecule has 0 aliphatic carbocycles. The third-order valence-electron chi connectivity index (χ3n) is 3.62. The van der Waals surface area contributed by atoms with E-state index in [0.29, 0.717) is 37.5 Å². The number of ether oxygens (including phenoxy) is 1. The van der Waals surface area contributed by atoms with Gasteiger partial charge in [0.05, 0.1) is 24.4 Å². The van der Waals surface area contributed by atoms with Crippen LogP contribution < -0.4 is 0 Å². The molecular formula is C14H18N6O2. The van der Waals surface area contributed by atoms with Gasteiger partial charge < -0.3 is 9.64 Å². The second kappa shape index (κ2) is 6.18. The fraction of sp³-hybridized carbons (Fsp3) is 0.500. The van der Waals surface area contributed by atoms with Crippen LogP contribution in [0.3, 0.4) is 0 Å². The van der Waals surface area contributed by atoms with Gasteiger partial charge in [-0.1, -0.05) is 6.92 Å². The molecule has 0 spiro atoms. The van der Waals surface area contributed by atoms with Crippen molar-refractivity contribution in [1.82, 2.24) is 30.0 Å². The number of rotatable bonds is 3. The molecule has 2 aromatic heterocycles. The summed E-state index contributed by atoms with van der Waals surface area (Å²) in [4.78, 5) is 26.9. The Labute approximate surface area is 127 Å². The molecule has 1 N–H and O–H groups in total. The first-order valence-electron chi connectivity index (χ1n) is 7.27. The number of morpholine rings is 1. The van der Waals surface area contributed by atoms with Gasteiger partial charge in [0.2, 0.25) is 0 Å². The van der Waals surface area contributed by atoms with Crippen molar-refractivity contribution in [3.8, 4) is 0 Å². The number of H-pyrrole nitrogens is 1. The SMILES string of the molecule is CCc1ncncc1C(=O)N1CCO[C@H](c2n[nH]c(C)n2)C1. The Morgan fingerprint density at radius 3 is 3.14 bits per heavy atom. The molecule has 0 bridgehead atoms. The third kappa shape index (κ3) is 2.82. The summed E-state index contributed by atoms with van der Waals surface area (Å²) in [6, 6.07) is 0. The normalized spacial score (nSPS) is 18.5. The van der Waals surface area contributed by atoms with Gasteiger partial charge in [-0.3, -0.25) is 9.89 Å². The zero-order valence-corrected chi connectivity index (χ0v) is 12.6. The zero-order valence-electron chi connectivity index (χ0n) is 12.6. The average Bonchev–Trinajstić information content (AvgIpc) is 3.01. The fourth-order valence-corrected chi connectivity index (χ4v) is 2.48. The maximum atomic E-state index is 12.7. The van der Waals surface area contributed by atoms with Crippen molar-refractivity contribution in [3.63, 3.8) is 0 Å². The first-order chi connectivity index (χ1) is 10.7. The molecule has 8 heteroatoms. The van der Waals surface area contributed by atoms with E-state index in [4.69, 9.17) is 4.74 Å². The predicted octanol–water partition coefficient (Wildman–Crippen LogP) is 0.679. The highest BCUT2D eigenvalue weighted by atomic mass is 16.5. The number of aromatic nitrogens is 5. The van der Waals surface area contributed by atoms with Gasteiger partial charge in [0, 0.05) is 12.7 Å². The van der Waals surface area contributed by atoms with Crippen molar-refractivity contribution in [3.05, 3.63) is 35.4 Å². The van der Waals surface area contributed by atoms with Crippen molar-refractivity contribution in [2.24, 2.45) is 0 Å². The molecule has 1 aliphatic heterocycles. The molecule has 1 amide bonds. The second-order valence-corrected chi connectivity index (χ2v) is 5.13. The molecule has 1 aliphatic rings. The van der Waals surface area contributed by atoms with E-state index >= 15 is 0 Å². The number of amides is 1. The molecule has 116 valence electrons. The molecule has 22 heavy (non-hydrogen) atoms. The molecule has 3 heterocycles. The largest absolute Gasteiger partial charge is 0.366 e. The Balaban J connectivity index is 1.78. The van der Waals surface area contributed by atoms with E-state index in [1.54, 1.807) is 11.1 Å². The van der Waals surface area contributed by atoms with Crippen molar-refractivity contribution < 1.29 is 9.53 Å². The summed E-state index contributed by atoms with van der Waals surface area (Å²) < 4.78 is 5.68. The van der Waals surface area contributed by atoms with Crippen LogP contribution in [0.5, 0.6) is 0 Å². The smallest absolute Gasteiger partial charge is 0.257 e. The zero-order chi connectivity index (χ0) is 15.5. The van der Waals surface area contributed by atoms with E-state index in [0.717, 1.165) is 11.5 Å². The monoisotopic (exact) mass is 302 g/mol. The third-order valence-corrected chi connectivity index (χ3v) is 3.62. The number of carbonyl (C=O) groups excluding carboxylic acids is 1. The van der Waals surface area contributed by atoms with Crippen LogP contribution in [0.4, 0.5) is 0 Å². The summed E-state index contributed by atoms with van der Waals surface area (Å²) in [6.07, 6.45) is 3.43. The molecule has 0 unspecified atom stereocenters. The molecule has 2 aromatic rings. The maximum absolute atomic E-state index is 12.7. The lowest BCUT2D eigenvalue weighted by atomic mass is 10.1. The van der Waals surface area contributed by atoms with E-state index in [1.807, 2.05) is 13.8 Å². The van der Waals surface area contributed by atoms with Crippen molar-refractivity contribution in [1.29, 1.82) is 0 Å². The van der Waals surface area contributed by atoms with Crippen LogP contribution in [0.15, 0.2) is 12.5 Å². The lowest BCUT2D eigenvalue weighted by Gasteiger charge is -2.31. The van der Waals surface area contributed by atoms with E-state index in [9.17, 15) is 4.79 Å². The molecular weight excluding hydrogens is 284 g/mol. The van der Waals surface area contributed by atoms with Gasteiger partial charge in [0.1, 0.15) is 18.3 Å². The molecule has 0 aromatic carbocycles. The summed E-state index contributed by atoms with van der Waals surface area (Å²) in [6.45, 7) is 5.22. The summed E-state index contributed by atoms with van der Waals surface area (Å²) in [5, 5.41) is 6.91. The number of carbonyl (C=O) groups is 1. The van der Waals surface area contributed by atoms with Crippen LogP contribution in [0.2, 0.25) is 0 Å². The molecule has 0 radical (unpaired) electrons. The maximum Gasteiger partial charge on any atom is 0.257 e. The molecule has 3 rings (SSSR count). The van der Waals surface area contributed by atoms with Gasteiger partial charge in [-0.25, -0.2) is 15.0 Å². The fourth-order valence-electron chi connectivity index (χ4n) is 2.48. The van der Waals surface area contributed by atoms with Gasteiger partial charge in [-0.2, -0.15) is 5.10 Å². The first-order valence-corrected chi connectivity index (χ1v) is 7.27. The summed E-state index contributed by atoms with van der Waals surface area (Å²) >= 11 is 0. The highest BCUT2D eigenvalue weighted by molar-refractivity contribution is 5.95. The standard InChI is InChI=1S/C14H18N6O2/c1-3-11-10(6-15-8-16-11)14(21)20-4-5-22-12(7-20)13-17-9(2)18-19-13/h6,8,12H,3-5,7H2,1-2H3,(H,17,18,19)/t12-/m0/s1. The number of nitrogens with one attached hydrogen (secondary N) is 1. The topological polar surface area (TPSA) is 96.9 Å². The van der Waals surface area contributed by atoms with E-state index in [1.165, 1.54) is 6.33 Å².